The second-order valence-corrected chi connectivity index (χ2v) is 10.3. The Morgan fingerprint density at radius 3 is 2.88 bits per heavy atom. The maximum absolute atomic E-state index is 13.2. The Morgan fingerprint density at radius 2 is 2.09 bits per heavy atom. The molecule has 0 radical (unpaired) electrons. The highest BCUT2D eigenvalue weighted by molar-refractivity contribution is 7.90. The molecule has 3 aromatic rings. The van der Waals surface area contributed by atoms with E-state index in [9.17, 15) is 8.42 Å². The molecule has 0 fully saturated rings. The van der Waals surface area contributed by atoms with Gasteiger partial charge in [-0.15, -0.1) is 0 Å². The van der Waals surface area contributed by atoms with Crippen LogP contribution in [-0.2, 0) is 15.6 Å². The van der Waals surface area contributed by atoms with Crippen LogP contribution in [0.2, 0.25) is 0 Å². The van der Waals surface area contributed by atoms with Gasteiger partial charge in [-0.3, -0.25) is 0 Å². The fraction of sp³-hybridized carbons (Fsp3) is 0.318. The molecule has 172 valence electrons. The summed E-state index contributed by atoms with van der Waals surface area (Å²) in [5, 5.41) is 3.37. The summed E-state index contributed by atoms with van der Waals surface area (Å²) >= 11 is 0. The van der Waals surface area contributed by atoms with Gasteiger partial charge in [0.2, 0.25) is 16.0 Å². The van der Waals surface area contributed by atoms with Gasteiger partial charge in [0.1, 0.15) is 27.8 Å². The summed E-state index contributed by atoms with van der Waals surface area (Å²) in [4.78, 5) is 13.5. The van der Waals surface area contributed by atoms with E-state index in [0.29, 0.717) is 40.5 Å². The van der Waals surface area contributed by atoms with E-state index in [4.69, 9.17) is 15.2 Å². The standard InChI is InChI=1S/C22H24N6O4S/c1-22-16-11-14(26-20-19-13(6-8-24-20)10-15(31-3)12-25-19)4-5-17(16)32-9-7-18(22)33(29,30)28(2)21(23)27-22/h4-6,8,10-12,18H,7,9H2,1-3H3,(H2,23,27)(H,24,26)/t18-,22+/m0/s1. The smallest absolute Gasteiger partial charge is 0.242 e. The van der Waals surface area contributed by atoms with Gasteiger partial charge in [-0.05, 0) is 37.3 Å². The van der Waals surface area contributed by atoms with Crippen LogP contribution in [-0.4, -0.2) is 54.7 Å². The molecule has 1 aromatic carbocycles. The quantitative estimate of drug-likeness (QED) is 0.599. The number of benzene rings is 1. The topological polar surface area (TPSA) is 132 Å². The fourth-order valence-electron chi connectivity index (χ4n) is 4.44. The molecule has 0 saturated heterocycles. The van der Waals surface area contributed by atoms with E-state index >= 15 is 0 Å². The first kappa shape index (κ1) is 21.3. The van der Waals surface area contributed by atoms with Gasteiger partial charge in [-0.2, -0.15) is 0 Å². The highest BCUT2D eigenvalue weighted by atomic mass is 32.2. The zero-order chi connectivity index (χ0) is 23.4. The van der Waals surface area contributed by atoms with Crippen molar-refractivity contribution < 1.29 is 17.9 Å². The lowest BCUT2D eigenvalue weighted by molar-refractivity contribution is 0.310. The molecule has 10 nitrogen and oxygen atoms in total. The summed E-state index contributed by atoms with van der Waals surface area (Å²) in [7, 11) is -0.687. The molecule has 0 aliphatic carbocycles. The number of nitrogens with one attached hydrogen (secondary N) is 1. The van der Waals surface area contributed by atoms with Crippen LogP contribution < -0.4 is 20.5 Å². The summed E-state index contributed by atoms with van der Waals surface area (Å²) in [5.41, 5.74) is 6.93. The molecule has 33 heavy (non-hydrogen) atoms. The van der Waals surface area contributed by atoms with Crippen LogP contribution in [0.25, 0.3) is 10.9 Å². The Balaban J connectivity index is 1.60. The molecule has 0 unspecified atom stereocenters. The minimum Gasteiger partial charge on any atom is -0.495 e. The third kappa shape index (κ3) is 3.30. The monoisotopic (exact) mass is 468 g/mol. The van der Waals surface area contributed by atoms with Crippen molar-refractivity contribution in [3.8, 4) is 11.5 Å². The summed E-state index contributed by atoms with van der Waals surface area (Å²) < 4.78 is 38.5. The molecule has 0 bridgehead atoms. The minimum atomic E-state index is -3.70. The molecule has 2 aliphatic rings. The van der Waals surface area contributed by atoms with Crippen LogP contribution in [0, 0.1) is 0 Å². The number of anilines is 2. The Labute approximate surface area is 191 Å². The molecular formula is C22H24N6O4S. The number of pyridine rings is 2. The van der Waals surface area contributed by atoms with Crippen molar-refractivity contribution in [3.05, 3.63) is 48.3 Å². The minimum absolute atomic E-state index is 0.0474. The number of rotatable bonds is 3. The highest BCUT2D eigenvalue weighted by Crippen LogP contribution is 2.46. The molecule has 2 atom stereocenters. The molecule has 11 heteroatoms. The Kier molecular flexibility index (Phi) is 4.82. The first-order valence-corrected chi connectivity index (χ1v) is 11.9. The zero-order valence-corrected chi connectivity index (χ0v) is 19.3. The van der Waals surface area contributed by atoms with Crippen LogP contribution in [0.15, 0.2) is 47.7 Å². The predicted octanol–water partition coefficient (Wildman–Crippen LogP) is 2.34. The average molecular weight is 469 g/mol. The number of methoxy groups -OCH3 is 1. The van der Waals surface area contributed by atoms with Crippen LogP contribution in [0.5, 0.6) is 11.5 Å². The molecule has 5 rings (SSSR count). The average Bonchev–Trinajstić information content (AvgIpc) is 2.94. The first-order chi connectivity index (χ1) is 15.7. The largest absolute Gasteiger partial charge is 0.495 e. The van der Waals surface area contributed by atoms with Crippen molar-refractivity contribution in [2.45, 2.75) is 24.1 Å². The van der Waals surface area contributed by atoms with E-state index in [0.717, 1.165) is 9.69 Å². The Hall–Kier alpha value is -3.60. The first-order valence-electron chi connectivity index (χ1n) is 10.4. The predicted molar refractivity (Wildman–Crippen MR) is 125 cm³/mol. The molecule has 0 saturated carbocycles. The number of nitrogens with two attached hydrogens (primary N) is 1. The lowest BCUT2D eigenvalue weighted by Crippen LogP contribution is -2.56. The van der Waals surface area contributed by atoms with E-state index in [1.807, 2.05) is 30.3 Å². The van der Waals surface area contributed by atoms with E-state index in [-0.39, 0.29) is 12.6 Å². The van der Waals surface area contributed by atoms with Gasteiger partial charge in [-0.25, -0.2) is 27.7 Å². The number of nitrogens with zero attached hydrogens (tertiary/aromatic N) is 4. The van der Waals surface area contributed by atoms with E-state index in [2.05, 4.69) is 20.3 Å². The van der Waals surface area contributed by atoms with Crippen LogP contribution in [0.4, 0.5) is 11.5 Å². The van der Waals surface area contributed by atoms with Crippen molar-refractivity contribution >= 4 is 38.4 Å². The van der Waals surface area contributed by atoms with Gasteiger partial charge < -0.3 is 20.5 Å². The van der Waals surface area contributed by atoms with Crippen LogP contribution in [0.1, 0.15) is 18.9 Å². The number of aliphatic imine (C=N–C) groups is 1. The Bertz CT molecular complexity index is 1390. The molecule has 3 N–H and O–H groups in total. The van der Waals surface area contributed by atoms with Crippen LogP contribution in [0.3, 0.4) is 0 Å². The fourth-order valence-corrected chi connectivity index (χ4v) is 6.28. The lowest BCUT2D eigenvalue weighted by atomic mass is 9.87. The molecule has 0 amide bonds. The molecule has 2 aliphatic heterocycles. The van der Waals surface area contributed by atoms with Gasteiger partial charge in [0.05, 0.1) is 19.9 Å². The van der Waals surface area contributed by atoms with Crippen molar-refractivity contribution in [1.82, 2.24) is 14.3 Å². The van der Waals surface area contributed by atoms with Gasteiger partial charge in [0.15, 0.2) is 5.82 Å². The van der Waals surface area contributed by atoms with Gasteiger partial charge in [0.25, 0.3) is 0 Å². The molecular weight excluding hydrogens is 444 g/mol. The number of fused-ring (bicyclic) bond motifs is 4. The van der Waals surface area contributed by atoms with Crippen LogP contribution >= 0.6 is 0 Å². The Morgan fingerprint density at radius 1 is 1.27 bits per heavy atom. The van der Waals surface area contributed by atoms with Crippen molar-refractivity contribution in [1.29, 1.82) is 0 Å². The normalized spacial score (nSPS) is 23.5. The summed E-state index contributed by atoms with van der Waals surface area (Å²) in [6.45, 7) is 2.05. The maximum atomic E-state index is 13.2. The third-order valence-electron chi connectivity index (χ3n) is 6.27. The van der Waals surface area contributed by atoms with E-state index in [1.54, 1.807) is 26.4 Å². The third-order valence-corrected chi connectivity index (χ3v) is 8.64. The lowest BCUT2D eigenvalue weighted by Gasteiger charge is -2.40. The van der Waals surface area contributed by atoms with Gasteiger partial charge in [-0.1, -0.05) is 0 Å². The van der Waals surface area contributed by atoms with E-state index < -0.39 is 20.8 Å². The van der Waals surface area contributed by atoms with Gasteiger partial charge >= 0.3 is 0 Å². The number of sulfonamides is 1. The maximum Gasteiger partial charge on any atom is 0.242 e. The number of hydrogen-bond acceptors (Lipinski definition) is 9. The van der Waals surface area contributed by atoms with Crippen molar-refractivity contribution in [3.63, 3.8) is 0 Å². The molecule has 4 heterocycles. The number of ether oxygens (including phenoxy) is 2. The number of aromatic nitrogens is 2. The summed E-state index contributed by atoms with van der Waals surface area (Å²) in [6.07, 6.45) is 3.62. The van der Waals surface area contributed by atoms with E-state index in [1.165, 1.54) is 7.05 Å². The SMILES string of the molecule is COc1cnc2c(Nc3ccc4c(c3)[C@@]3(C)N=C(N)N(C)S(=O)(=O)[C@H]3CCO4)nccc2c1. The zero-order valence-electron chi connectivity index (χ0n) is 18.4. The molecule has 2 aromatic heterocycles. The second kappa shape index (κ2) is 7.48. The number of hydrogen-bond donors (Lipinski definition) is 2. The van der Waals surface area contributed by atoms with Crippen molar-refractivity contribution in [2.24, 2.45) is 10.7 Å². The van der Waals surface area contributed by atoms with Crippen molar-refractivity contribution in [2.75, 3.05) is 26.1 Å². The second-order valence-electron chi connectivity index (χ2n) is 8.20. The van der Waals surface area contributed by atoms with Gasteiger partial charge in [0, 0.05) is 36.3 Å². The number of guanidine groups is 1. The highest BCUT2D eigenvalue weighted by Gasteiger charge is 2.52. The summed E-state index contributed by atoms with van der Waals surface area (Å²) in [5.74, 6) is 1.74. The molecule has 0 spiro atoms. The summed E-state index contributed by atoms with van der Waals surface area (Å²) in [6, 6.07) is 9.24.